The van der Waals surface area contributed by atoms with E-state index in [1.807, 2.05) is 17.0 Å². The summed E-state index contributed by atoms with van der Waals surface area (Å²) in [5.41, 5.74) is 2.31. The highest BCUT2D eigenvalue weighted by Crippen LogP contribution is 2.22. The summed E-state index contributed by atoms with van der Waals surface area (Å²) in [7, 11) is 0. The summed E-state index contributed by atoms with van der Waals surface area (Å²) >= 11 is 0. The van der Waals surface area contributed by atoms with Gasteiger partial charge < -0.3 is 20.4 Å². The molecule has 2 aliphatic heterocycles. The standard InChI is InChI=1S/C21H32N4O2.2ClH/c1-17(26)24-12-14-25(15-13-24)20-5-3-2-4-19(20)16-23-21(27)7-6-18-8-10-22-11-9-18;;/h2-5,18,22H,6-16H2,1H3,(H,23,27);2*1H. The third-order valence-electron chi connectivity index (χ3n) is 5.77. The zero-order valence-corrected chi connectivity index (χ0v) is 18.8. The molecule has 0 bridgehead atoms. The Balaban J connectivity index is 0.00000210. The number of hydrogen-bond acceptors (Lipinski definition) is 4. The molecule has 0 unspecified atom stereocenters. The van der Waals surface area contributed by atoms with Crippen LogP contribution in [0.4, 0.5) is 5.69 Å². The number of nitrogens with one attached hydrogen (secondary N) is 2. The maximum atomic E-state index is 12.3. The molecule has 0 saturated carbocycles. The molecule has 3 rings (SSSR count). The molecular weight excluding hydrogens is 411 g/mol. The lowest BCUT2D eigenvalue weighted by Crippen LogP contribution is -2.48. The molecule has 1 aromatic carbocycles. The molecule has 8 heteroatoms. The number of para-hydroxylation sites is 1. The number of carbonyl (C=O) groups excluding carboxylic acids is 2. The van der Waals surface area contributed by atoms with Gasteiger partial charge in [-0.05, 0) is 49.9 Å². The number of amides is 2. The summed E-state index contributed by atoms with van der Waals surface area (Å²) in [6, 6.07) is 8.25. The van der Waals surface area contributed by atoms with Gasteiger partial charge in [0.2, 0.25) is 11.8 Å². The van der Waals surface area contributed by atoms with Crippen molar-refractivity contribution in [1.29, 1.82) is 0 Å². The molecule has 0 aromatic heterocycles. The summed E-state index contributed by atoms with van der Waals surface area (Å²) in [5, 5.41) is 6.47. The van der Waals surface area contributed by atoms with E-state index in [9.17, 15) is 9.59 Å². The summed E-state index contributed by atoms with van der Waals surface area (Å²) in [6.07, 6.45) is 3.97. The fourth-order valence-corrected chi connectivity index (χ4v) is 4.02. The lowest BCUT2D eigenvalue weighted by molar-refractivity contribution is -0.129. The number of anilines is 1. The zero-order valence-electron chi connectivity index (χ0n) is 17.2. The minimum absolute atomic E-state index is 0. The molecule has 6 nitrogen and oxygen atoms in total. The van der Waals surface area contributed by atoms with E-state index in [0.29, 0.717) is 18.9 Å². The third-order valence-corrected chi connectivity index (χ3v) is 5.77. The van der Waals surface area contributed by atoms with E-state index in [1.54, 1.807) is 6.92 Å². The highest BCUT2D eigenvalue weighted by molar-refractivity contribution is 5.85. The van der Waals surface area contributed by atoms with Crippen LogP contribution in [0.2, 0.25) is 0 Å². The van der Waals surface area contributed by atoms with Crippen LogP contribution in [-0.4, -0.2) is 56.0 Å². The first-order valence-electron chi connectivity index (χ1n) is 10.2. The number of hydrogen-bond donors (Lipinski definition) is 2. The third kappa shape index (κ3) is 7.68. The Morgan fingerprint density at radius 1 is 1.07 bits per heavy atom. The van der Waals surface area contributed by atoms with Crippen LogP contribution in [0.3, 0.4) is 0 Å². The lowest BCUT2D eigenvalue weighted by Gasteiger charge is -2.36. The molecule has 0 atom stereocenters. The lowest BCUT2D eigenvalue weighted by atomic mass is 9.93. The van der Waals surface area contributed by atoms with Crippen LogP contribution in [0.1, 0.15) is 38.2 Å². The van der Waals surface area contributed by atoms with Crippen LogP contribution in [0.25, 0.3) is 0 Å². The van der Waals surface area contributed by atoms with Gasteiger partial charge in [-0.1, -0.05) is 18.2 Å². The second kappa shape index (κ2) is 12.9. The quantitative estimate of drug-likeness (QED) is 0.707. The van der Waals surface area contributed by atoms with Crippen LogP contribution in [-0.2, 0) is 16.1 Å². The Morgan fingerprint density at radius 2 is 1.72 bits per heavy atom. The Kier molecular flexibility index (Phi) is 11.4. The van der Waals surface area contributed by atoms with Crippen LogP contribution in [0, 0.1) is 5.92 Å². The fraction of sp³-hybridized carbons (Fsp3) is 0.619. The number of halogens is 2. The number of carbonyl (C=O) groups is 2. The van der Waals surface area contributed by atoms with Crippen LogP contribution >= 0.6 is 24.8 Å². The van der Waals surface area contributed by atoms with E-state index in [4.69, 9.17) is 0 Å². The summed E-state index contributed by atoms with van der Waals surface area (Å²) < 4.78 is 0. The van der Waals surface area contributed by atoms with Gasteiger partial charge in [-0.15, -0.1) is 24.8 Å². The molecule has 164 valence electrons. The fourth-order valence-electron chi connectivity index (χ4n) is 4.02. The van der Waals surface area contributed by atoms with Crippen molar-refractivity contribution in [2.75, 3.05) is 44.2 Å². The maximum Gasteiger partial charge on any atom is 0.220 e. The summed E-state index contributed by atoms with van der Waals surface area (Å²) in [6.45, 7) is 7.53. The highest BCUT2D eigenvalue weighted by Gasteiger charge is 2.20. The Hall–Kier alpha value is -1.50. The van der Waals surface area contributed by atoms with E-state index in [1.165, 1.54) is 18.5 Å². The van der Waals surface area contributed by atoms with Crippen molar-refractivity contribution in [1.82, 2.24) is 15.5 Å². The summed E-state index contributed by atoms with van der Waals surface area (Å²) in [5.74, 6) is 0.968. The largest absolute Gasteiger partial charge is 0.368 e. The molecule has 2 amide bonds. The van der Waals surface area contributed by atoms with Crippen molar-refractivity contribution in [2.45, 2.75) is 39.2 Å². The minimum atomic E-state index is 0. The molecule has 2 fully saturated rings. The molecule has 0 spiro atoms. The highest BCUT2D eigenvalue weighted by atomic mass is 35.5. The van der Waals surface area contributed by atoms with Crippen molar-refractivity contribution in [3.63, 3.8) is 0 Å². The Bertz CT molecular complexity index is 645. The molecule has 2 heterocycles. The number of rotatable bonds is 6. The van der Waals surface area contributed by atoms with Gasteiger partial charge >= 0.3 is 0 Å². The second-order valence-corrected chi connectivity index (χ2v) is 7.63. The molecule has 2 saturated heterocycles. The molecule has 2 N–H and O–H groups in total. The second-order valence-electron chi connectivity index (χ2n) is 7.63. The number of nitrogens with zero attached hydrogens (tertiary/aromatic N) is 2. The van der Waals surface area contributed by atoms with Gasteiger partial charge in [0.15, 0.2) is 0 Å². The van der Waals surface area contributed by atoms with Gasteiger partial charge in [-0.25, -0.2) is 0 Å². The first-order valence-corrected chi connectivity index (χ1v) is 10.2. The Labute approximate surface area is 186 Å². The first-order chi connectivity index (χ1) is 13.1. The molecule has 0 radical (unpaired) electrons. The molecule has 29 heavy (non-hydrogen) atoms. The predicted octanol–water partition coefficient (Wildman–Crippen LogP) is 2.59. The van der Waals surface area contributed by atoms with E-state index in [0.717, 1.165) is 51.3 Å². The SMILES string of the molecule is CC(=O)N1CCN(c2ccccc2CNC(=O)CCC2CCNCC2)CC1.Cl.Cl. The van der Waals surface area contributed by atoms with Gasteiger partial charge in [0.25, 0.3) is 0 Å². The zero-order chi connectivity index (χ0) is 19.1. The monoisotopic (exact) mass is 444 g/mol. The minimum Gasteiger partial charge on any atom is -0.368 e. The molecule has 1 aromatic rings. The van der Waals surface area contributed by atoms with E-state index in [2.05, 4.69) is 27.7 Å². The number of piperazine rings is 1. The van der Waals surface area contributed by atoms with Crippen LogP contribution in [0.5, 0.6) is 0 Å². The van der Waals surface area contributed by atoms with Gasteiger partial charge in [0.05, 0.1) is 0 Å². The average Bonchev–Trinajstić information content (AvgIpc) is 2.72. The van der Waals surface area contributed by atoms with E-state index in [-0.39, 0.29) is 36.6 Å². The normalized spacial score (nSPS) is 17.1. The first kappa shape index (κ1) is 25.5. The van der Waals surface area contributed by atoms with Crippen molar-refractivity contribution in [2.24, 2.45) is 5.92 Å². The van der Waals surface area contributed by atoms with Gasteiger partial charge in [0, 0.05) is 51.8 Å². The van der Waals surface area contributed by atoms with Gasteiger partial charge in [0.1, 0.15) is 0 Å². The van der Waals surface area contributed by atoms with Crippen molar-refractivity contribution in [3.05, 3.63) is 29.8 Å². The van der Waals surface area contributed by atoms with E-state index < -0.39 is 0 Å². The van der Waals surface area contributed by atoms with Gasteiger partial charge in [-0.3, -0.25) is 9.59 Å². The van der Waals surface area contributed by atoms with Crippen molar-refractivity contribution in [3.8, 4) is 0 Å². The molecule has 2 aliphatic rings. The topological polar surface area (TPSA) is 64.7 Å². The predicted molar refractivity (Wildman–Crippen MR) is 122 cm³/mol. The number of piperidine rings is 1. The van der Waals surface area contributed by atoms with Crippen LogP contribution < -0.4 is 15.5 Å². The summed E-state index contributed by atoms with van der Waals surface area (Å²) in [4.78, 5) is 28.0. The van der Waals surface area contributed by atoms with E-state index >= 15 is 0 Å². The maximum absolute atomic E-state index is 12.3. The smallest absolute Gasteiger partial charge is 0.220 e. The van der Waals surface area contributed by atoms with Crippen LogP contribution in [0.15, 0.2) is 24.3 Å². The van der Waals surface area contributed by atoms with Crippen molar-refractivity contribution < 1.29 is 9.59 Å². The van der Waals surface area contributed by atoms with Crippen molar-refractivity contribution >= 4 is 42.3 Å². The number of benzene rings is 1. The van der Waals surface area contributed by atoms with Gasteiger partial charge in [-0.2, -0.15) is 0 Å². The Morgan fingerprint density at radius 3 is 2.38 bits per heavy atom. The molecule has 0 aliphatic carbocycles. The molecular formula is C21H34Cl2N4O2. The average molecular weight is 445 g/mol.